The molecule has 3 nitrogen and oxygen atoms in total. The Morgan fingerprint density at radius 1 is 1.00 bits per heavy atom. The van der Waals surface area contributed by atoms with Crippen LogP contribution >= 0.6 is 0 Å². The summed E-state index contributed by atoms with van der Waals surface area (Å²) in [6, 6.07) is 10.3. The smallest absolute Gasteiger partial charge is 0.194 e. The zero-order chi connectivity index (χ0) is 12.7. The van der Waals surface area contributed by atoms with Crippen molar-refractivity contribution in [1.29, 1.82) is 0 Å². The highest BCUT2D eigenvalue weighted by Crippen LogP contribution is 1.92. The van der Waals surface area contributed by atoms with Gasteiger partial charge in [0.2, 0.25) is 0 Å². The molecule has 0 saturated carbocycles. The van der Waals surface area contributed by atoms with Crippen LogP contribution in [0, 0.1) is 17.0 Å². The van der Waals surface area contributed by atoms with E-state index in [0.29, 0.717) is 0 Å². The van der Waals surface area contributed by atoms with Crippen LogP contribution < -0.4 is 0 Å². The van der Waals surface area contributed by atoms with Gasteiger partial charge in [0.25, 0.3) is 0 Å². The van der Waals surface area contributed by atoms with Gasteiger partial charge in [-0.2, -0.15) is 0 Å². The Kier molecular flexibility index (Phi) is 23.6. The molecule has 1 aromatic rings. The molecule has 0 aliphatic rings. The van der Waals surface area contributed by atoms with Crippen LogP contribution in [0.25, 0.3) is 0 Å². The third-order valence-corrected chi connectivity index (χ3v) is 0.940. The predicted molar refractivity (Wildman–Crippen MR) is 66.8 cm³/mol. The maximum atomic E-state index is 8.81. The monoisotopic (exact) mass is 213 g/mol. The maximum Gasteiger partial charge on any atom is 0.194 e. The zero-order valence-electron chi connectivity index (χ0n) is 10.7. The van der Waals surface area contributed by atoms with Crippen LogP contribution in [0.2, 0.25) is 0 Å². The molecule has 0 heterocycles. The van der Waals surface area contributed by atoms with E-state index in [1.165, 1.54) is 5.56 Å². The van der Waals surface area contributed by atoms with Crippen LogP contribution in [-0.2, 0) is 0 Å². The molecule has 0 fully saturated rings. The molecule has 0 atom stereocenters. The van der Waals surface area contributed by atoms with Crippen molar-refractivity contribution in [3.05, 3.63) is 46.0 Å². The Hall–Kier alpha value is -1.38. The van der Waals surface area contributed by atoms with E-state index < -0.39 is 4.92 Å². The molecule has 0 aliphatic heterocycles. The van der Waals surface area contributed by atoms with Gasteiger partial charge < -0.3 is 0 Å². The normalized spacial score (nSPS) is 6.53. The minimum atomic E-state index is -0.500. The van der Waals surface area contributed by atoms with Crippen molar-refractivity contribution in [2.24, 2.45) is 0 Å². The van der Waals surface area contributed by atoms with Crippen molar-refractivity contribution in [1.82, 2.24) is 0 Å². The summed E-state index contributed by atoms with van der Waals surface area (Å²) in [5.74, 6) is 0. The molecule has 0 spiro atoms. The molecule has 0 bridgehead atoms. The van der Waals surface area contributed by atoms with Gasteiger partial charge in [0.1, 0.15) is 0 Å². The van der Waals surface area contributed by atoms with E-state index in [-0.39, 0.29) is 0 Å². The van der Waals surface area contributed by atoms with Crippen LogP contribution in [0.4, 0.5) is 0 Å². The summed E-state index contributed by atoms with van der Waals surface area (Å²) in [5.41, 5.74) is 1.32. The van der Waals surface area contributed by atoms with Gasteiger partial charge in [-0.1, -0.05) is 63.6 Å². The first-order valence-corrected chi connectivity index (χ1v) is 5.22. The molecule has 0 amide bonds. The van der Waals surface area contributed by atoms with E-state index in [9.17, 15) is 0 Å². The molecule has 0 radical (unpaired) electrons. The van der Waals surface area contributed by atoms with Crippen LogP contribution in [0.1, 0.15) is 33.3 Å². The number of benzene rings is 1. The first kappa shape index (κ1) is 19.2. The van der Waals surface area contributed by atoms with E-state index in [2.05, 4.69) is 19.1 Å². The highest BCUT2D eigenvalue weighted by Gasteiger charge is 1.72. The number of aryl methyl sites for hydroxylation is 1. The Bertz CT molecular complexity index is 206. The molecule has 0 aliphatic carbocycles. The second-order valence-corrected chi connectivity index (χ2v) is 2.09. The Morgan fingerprint density at radius 2 is 1.27 bits per heavy atom. The van der Waals surface area contributed by atoms with Gasteiger partial charge in [0.05, 0.1) is 0 Å². The third-order valence-electron chi connectivity index (χ3n) is 0.940. The van der Waals surface area contributed by atoms with Crippen LogP contribution in [-0.4, -0.2) is 12.0 Å². The molecule has 0 aromatic heterocycles. The fourth-order valence-electron chi connectivity index (χ4n) is 0.534. The number of nitrogens with zero attached hydrogens (tertiary/aromatic N) is 1. The summed E-state index contributed by atoms with van der Waals surface area (Å²) in [6.07, 6.45) is 0. The standard InChI is InChI=1S/C7H8.2C2H6.CH3NO2/c1-7-5-3-2-4-6-7;2*1-2;1-2(3)4/h2-6H,1H3;2*1-2H3;1H3. The summed E-state index contributed by atoms with van der Waals surface area (Å²) in [6.45, 7) is 10.1. The average molecular weight is 213 g/mol. The van der Waals surface area contributed by atoms with E-state index in [0.717, 1.165) is 7.05 Å². The quantitative estimate of drug-likeness (QED) is 0.484. The summed E-state index contributed by atoms with van der Waals surface area (Å²) in [7, 11) is 0.889. The van der Waals surface area contributed by atoms with Gasteiger partial charge in [0, 0.05) is 4.92 Å². The summed E-state index contributed by atoms with van der Waals surface area (Å²) in [5, 5.41) is 8.81. The lowest BCUT2D eigenvalue weighted by molar-refractivity contribution is -0.445. The van der Waals surface area contributed by atoms with E-state index in [4.69, 9.17) is 10.1 Å². The molecule has 0 unspecified atom stereocenters. The van der Waals surface area contributed by atoms with Gasteiger partial charge in [-0.15, -0.1) is 0 Å². The van der Waals surface area contributed by atoms with E-state index in [1.54, 1.807) is 0 Å². The lowest BCUT2D eigenvalue weighted by Crippen LogP contribution is -1.79. The van der Waals surface area contributed by atoms with Crippen molar-refractivity contribution in [3.63, 3.8) is 0 Å². The molecule has 88 valence electrons. The summed E-state index contributed by atoms with van der Waals surface area (Å²) >= 11 is 0. The lowest BCUT2D eigenvalue weighted by atomic mass is 10.2. The van der Waals surface area contributed by atoms with Crippen molar-refractivity contribution >= 4 is 0 Å². The number of hydrogen-bond donors (Lipinski definition) is 0. The van der Waals surface area contributed by atoms with E-state index in [1.807, 2.05) is 45.9 Å². The first-order valence-electron chi connectivity index (χ1n) is 5.22. The maximum absolute atomic E-state index is 8.81. The van der Waals surface area contributed by atoms with E-state index >= 15 is 0 Å². The molecule has 15 heavy (non-hydrogen) atoms. The van der Waals surface area contributed by atoms with Crippen LogP contribution in [0.3, 0.4) is 0 Å². The molecule has 3 heteroatoms. The van der Waals surface area contributed by atoms with Gasteiger partial charge in [-0.05, 0) is 6.92 Å². The topological polar surface area (TPSA) is 43.1 Å². The second kappa shape index (κ2) is 18.4. The molecule has 1 aromatic carbocycles. The Labute approximate surface area is 93.3 Å². The minimum Gasteiger partial charge on any atom is -0.265 e. The fourth-order valence-corrected chi connectivity index (χ4v) is 0.534. The van der Waals surface area contributed by atoms with Gasteiger partial charge in [-0.25, -0.2) is 0 Å². The highest BCUT2D eigenvalue weighted by molar-refractivity contribution is 5.11. The minimum absolute atomic E-state index is 0.500. The number of rotatable bonds is 0. The molecular formula is C12H23NO2. The number of hydrogen-bond acceptors (Lipinski definition) is 2. The Morgan fingerprint density at radius 3 is 1.40 bits per heavy atom. The van der Waals surface area contributed by atoms with Crippen molar-refractivity contribution < 1.29 is 4.92 Å². The summed E-state index contributed by atoms with van der Waals surface area (Å²) < 4.78 is 0. The average Bonchev–Trinajstić information content (AvgIpc) is 2.24. The number of nitro groups is 1. The summed E-state index contributed by atoms with van der Waals surface area (Å²) in [4.78, 5) is 8.31. The second-order valence-electron chi connectivity index (χ2n) is 2.09. The van der Waals surface area contributed by atoms with Gasteiger partial charge in [0.15, 0.2) is 7.05 Å². The largest absolute Gasteiger partial charge is 0.265 e. The zero-order valence-corrected chi connectivity index (χ0v) is 10.7. The molecule has 1 rings (SSSR count). The van der Waals surface area contributed by atoms with Gasteiger partial charge in [-0.3, -0.25) is 10.1 Å². The SMILES string of the molecule is CC.CC.C[N+](=O)[O-].Cc1ccccc1. The van der Waals surface area contributed by atoms with Crippen LogP contribution in [0.15, 0.2) is 30.3 Å². The van der Waals surface area contributed by atoms with Crippen molar-refractivity contribution in [2.75, 3.05) is 7.05 Å². The third kappa shape index (κ3) is 32.5. The highest BCUT2D eigenvalue weighted by atomic mass is 16.6. The lowest BCUT2D eigenvalue weighted by Gasteiger charge is -1.82. The molecule has 0 N–H and O–H groups in total. The molecular weight excluding hydrogens is 190 g/mol. The van der Waals surface area contributed by atoms with Crippen molar-refractivity contribution in [2.45, 2.75) is 34.6 Å². The van der Waals surface area contributed by atoms with Crippen molar-refractivity contribution in [3.8, 4) is 0 Å². The molecule has 0 saturated heterocycles. The first-order chi connectivity index (χ1) is 7.13. The Balaban J connectivity index is -0.000000156. The van der Waals surface area contributed by atoms with Crippen LogP contribution in [0.5, 0.6) is 0 Å². The van der Waals surface area contributed by atoms with Gasteiger partial charge >= 0.3 is 0 Å². The fraction of sp³-hybridized carbons (Fsp3) is 0.500. The predicted octanol–water partition coefficient (Wildman–Crippen LogP) is 3.94.